The number of rotatable bonds is 5. The monoisotopic (exact) mass is 356 g/mol. The molecule has 0 aromatic heterocycles. The first-order chi connectivity index (χ1) is 12.0. The molecule has 5 heteroatoms. The van der Waals surface area contributed by atoms with Gasteiger partial charge in [0, 0.05) is 30.2 Å². The van der Waals surface area contributed by atoms with E-state index in [1.54, 1.807) is 4.90 Å². The Kier molecular flexibility index (Phi) is 5.39. The van der Waals surface area contributed by atoms with E-state index in [1.807, 2.05) is 55.5 Å². The Morgan fingerprint density at radius 1 is 1.16 bits per heavy atom. The molecule has 2 aromatic carbocycles. The van der Waals surface area contributed by atoms with Crippen LogP contribution in [0, 0.1) is 12.8 Å². The fourth-order valence-corrected chi connectivity index (χ4v) is 3.11. The molecule has 0 radical (unpaired) electrons. The van der Waals surface area contributed by atoms with E-state index in [-0.39, 0.29) is 24.2 Å². The van der Waals surface area contributed by atoms with Crippen molar-refractivity contribution in [2.24, 2.45) is 5.92 Å². The van der Waals surface area contributed by atoms with Gasteiger partial charge in [0.15, 0.2) is 0 Å². The zero-order chi connectivity index (χ0) is 17.8. The molecule has 0 spiro atoms. The number of hydrogen-bond donors (Lipinski definition) is 1. The van der Waals surface area contributed by atoms with Gasteiger partial charge >= 0.3 is 0 Å². The molecule has 0 bridgehead atoms. The minimum atomic E-state index is -0.293. The lowest BCUT2D eigenvalue weighted by atomic mass is 10.1. The molecule has 1 atom stereocenters. The highest BCUT2D eigenvalue weighted by Gasteiger charge is 2.34. The van der Waals surface area contributed by atoms with Crippen LogP contribution in [0.4, 0.5) is 5.69 Å². The van der Waals surface area contributed by atoms with Gasteiger partial charge in [0.1, 0.15) is 0 Å². The maximum absolute atomic E-state index is 12.4. The zero-order valence-corrected chi connectivity index (χ0v) is 14.9. The van der Waals surface area contributed by atoms with Gasteiger partial charge in [0.25, 0.3) is 0 Å². The summed E-state index contributed by atoms with van der Waals surface area (Å²) in [6.45, 7) is 3.00. The number of carbonyl (C=O) groups excluding carboxylic acids is 2. The lowest BCUT2D eigenvalue weighted by Crippen LogP contribution is -2.34. The summed E-state index contributed by atoms with van der Waals surface area (Å²) >= 11 is 5.86. The highest BCUT2D eigenvalue weighted by molar-refractivity contribution is 6.30. The Morgan fingerprint density at radius 3 is 2.52 bits per heavy atom. The minimum absolute atomic E-state index is 0.00158. The molecule has 0 unspecified atom stereocenters. The van der Waals surface area contributed by atoms with Crippen LogP contribution in [0.2, 0.25) is 5.02 Å². The van der Waals surface area contributed by atoms with Gasteiger partial charge in [0.2, 0.25) is 11.8 Å². The maximum Gasteiger partial charge on any atom is 0.227 e. The van der Waals surface area contributed by atoms with E-state index in [2.05, 4.69) is 5.32 Å². The van der Waals surface area contributed by atoms with Crippen molar-refractivity contribution in [2.45, 2.75) is 19.8 Å². The first-order valence-electron chi connectivity index (χ1n) is 8.42. The summed E-state index contributed by atoms with van der Waals surface area (Å²) in [5.41, 5.74) is 3.12. The highest BCUT2D eigenvalue weighted by Crippen LogP contribution is 2.25. The molecule has 2 aromatic rings. The lowest BCUT2D eigenvalue weighted by Gasteiger charge is -2.17. The van der Waals surface area contributed by atoms with Gasteiger partial charge in [-0.15, -0.1) is 0 Å². The van der Waals surface area contributed by atoms with E-state index in [1.165, 1.54) is 0 Å². The van der Waals surface area contributed by atoms with Crippen LogP contribution in [0.5, 0.6) is 0 Å². The second-order valence-electron chi connectivity index (χ2n) is 6.41. The van der Waals surface area contributed by atoms with E-state index < -0.39 is 0 Å². The van der Waals surface area contributed by atoms with Crippen molar-refractivity contribution in [3.8, 4) is 0 Å². The van der Waals surface area contributed by atoms with Gasteiger partial charge in [-0.1, -0.05) is 41.4 Å². The third-order valence-corrected chi connectivity index (χ3v) is 4.72. The van der Waals surface area contributed by atoms with Crippen LogP contribution in [0.3, 0.4) is 0 Å². The van der Waals surface area contributed by atoms with E-state index >= 15 is 0 Å². The number of hydrogen-bond acceptors (Lipinski definition) is 2. The molecule has 0 saturated carbocycles. The second-order valence-corrected chi connectivity index (χ2v) is 6.84. The van der Waals surface area contributed by atoms with Crippen molar-refractivity contribution in [3.05, 3.63) is 64.7 Å². The van der Waals surface area contributed by atoms with Crippen molar-refractivity contribution in [1.29, 1.82) is 0 Å². The fourth-order valence-electron chi connectivity index (χ4n) is 2.98. The number of aryl methyl sites for hydroxylation is 1. The number of halogens is 1. The molecule has 25 heavy (non-hydrogen) atoms. The van der Waals surface area contributed by atoms with E-state index in [9.17, 15) is 9.59 Å². The van der Waals surface area contributed by atoms with Gasteiger partial charge in [0.05, 0.1) is 5.92 Å². The number of carbonyl (C=O) groups is 2. The van der Waals surface area contributed by atoms with Crippen LogP contribution in [0.15, 0.2) is 48.5 Å². The number of amides is 2. The SMILES string of the molecule is Cc1ccc(N2C[C@H](C(=O)NCCc3ccc(Cl)cc3)CC2=O)cc1. The molecule has 1 heterocycles. The number of benzene rings is 2. The number of nitrogens with one attached hydrogen (secondary N) is 1. The van der Waals surface area contributed by atoms with E-state index in [0.29, 0.717) is 18.1 Å². The van der Waals surface area contributed by atoms with Crippen LogP contribution < -0.4 is 10.2 Å². The summed E-state index contributed by atoms with van der Waals surface area (Å²) in [7, 11) is 0. The van der Waals surface area contributed by atoms with E-state index in [4.69, 9.17) is 11.6 Å². The molecule has 1 aliphatic heterocycles. The van der Waals surface area contributed by atoms with Gasteiger partial charge in [-0.3, -0.25) is 9.59 Å². The molecule has 2 amide bonds. The molecule has 130 valence electrons. The Hall–Kier alpha value is -2.33. The van der Waals surface area contributed by atoms with Crippen molar-refractivity contribution < 1.29 is 9.59 Å². The fraction of sp³-hybridized carbons (Fsp3) is 0.300. The van der Waals surface area contributed by atoms with Crippen LogP contribution in [-0.4, -0.2) is 24.9 Å². The zero-order valence-electron chi connectivity index (χ0n) is 14.2. The molecule has 1 fully saturated rings. The first-order valence-corrected chi connectivity index (χ1v) is 8.80. The van der Waals surface area contributed by atoms with Crippen LogP contribution in [0.1, 0.15) is 17.5 Å². The highest BCUT2D eigenvalue weighted by atomic mass is 35.5. The Balaban J connectivity index is 1.52. The predicted molar refractivity (Wildman–Crippen MR) is 99.8 cm³/mol. The van der Waals surface area contributed by atoms with Crippen molar-refractivity contribution in [1.82, 2.24) is 5.32 Å². The van der Waals surface area contributed by atoms with Crippen LogP contribution in [-0.2, 0) is 16.0 Å². The van der Waals surface area contributed by atoms with Gasteiger partial charge in [-0.05, 0) is 43.2 Å². The molecule has 1 N–H and O–H groups in total. The normalized spacial score (nSPS) is 17.0. The summed E-state index contributed by atoms with van der Waals surface area (Å²) in [5, 5.41) is 3.64. The van der Waals surface area contributed by atoms with Gasteiger partial charge in [-0.2, -0.15) is 0 Å². The van der Waals surface area contributed by atoms with Gasteiger partial charge in [-0.25, -0.2) is 0 Å². The van der Waals surface area contributed by atoms with E-state index in [0.717, 1.165) is 23.2 Å². The minimum Gasteiger partial charge on any atom is -0.355 e. The van der Waals surface area contributed by atoms with Crippen molar-refractivity contribution in [3.63, 3.8) is 0 Å². The summed E-state index contributed by atoms with van der Waals surface area (Å²) < 4.78 is 0. The quantitative estimate of drug-likeness (QED) is 0.893. The third kappa shape index (κ3) is 4.40. The predicted octanol–water partition coefficient (Wildman–Crippen LogP) is 3.36. The lowest BCUT2D eigenvalue weighted by molar-refractivity contribution is -0.126. The molecule has 4 nitrogen and oxygen atoms in total. The number of anilines is 1. The van der Waals surface area contributed by atoms with Gasteiger partial charge < -0.3 is 10.2 Å². The topological polar surface area (TPSA) is 49.4 Å². The largest absolute Gasteiger partial charge is 0.355 e. The Labute approximate surface area is 152 Å². The Morgan fingerprint density at radius 2 is 1.84 bits per heavy atom. The molecule has 3 rings (SSSR count). The average Bonchev–Trinajstić information content (AvgIpc) is 2.99. The molecule has 1 aliphatic rings. The summed E-state index contributed by atoms with van der Waals surface area (Å²) in [6, 6.07) is 15.4. The standard InChI is InChI=1S/C20H21ClN2O2/c1-14-2-8-18(9-3-14)23-13-16(12-19(23)24)20(25)22-11-10-15-4-6-17(21)7-5-15/h2-9,16H,10-13H2,1H3,(H,22,25)/t16-/m1/s1. The average molecular weight is 357 g/mol. The van der Waals surface area contributed by atoms with Crippen LogP contribution >= 0.6 is 11.6 Å². The summed E-state index contributed by atoms with van der Waals surface area (Å²) in [4.78, 5) is 26.3. The maximum atomic E-state index is 12.4. The molecule has 0 aliphatic carbocycles. The second kappa shape index (κ2) is 7.70. The van der Waals surface area contributed by atoms with Crippen LogP contribution in [0.25, 0.3) is 0 Å². The smallest absolute Gasteiger partial charge is 0.227 e. The summed E-state index contributed by atoms with van der Waals surface area (Å²) in [5.74, 6) is -0.349. The first kappa shape index (κ1) is 17.5. The van der Waals surface area contributed by atoms with Crippen molar-refractivity contribution >= 4 is 29.1 Å². The number of nitrogens with zero attached hydrogens (tertiary/aromatic N) is 1. The Bertz CT molecular complexity index is 756. The molecule has 1 saturated heterocycles. The molecular formula is C20H21ClN2O2. The molecular weight excluding hydrogens is 336 g/mol. The summed E-state index contributed by atoms with van der Waals surface area (Å²) in [6.07, 6.45) is 1.01. The van der Waals surface area contributed by atoms with Crippen molar-refractivity contribution in [2.75, 3.05) is 18.0 Å². The third-order valence-electron chi connectivity index (χ3n) is 4.47.